The minimum Gasteiger partial charge on any atom is -0.342 e. The number of amides is 1. The first-order valence-electron chi connectivity index (χ1n) is 5.39. The van der Waals surface area contributed by atoms with E-state index in [0.717, 1.165) is 19.5 Å². The molecule has 1 amide bonds. The van der Waals surface area contributed by atoms with Crippen molar-refractivity contribution in [2.75, 3.05) is 13.1 Å². The van der Waals surface area contributed by atoms with Crippen LogP contribution in [0, 0.1) is 11.3 Å². The number of nitrogens with two attached hydrogens (primary N) is 1. The predicted molar refractivity (Wildman–Crippen MR) is 57.8 cm³/mol. The van der Waals surface area contributed by atoms with Crippen LogP contribution in [0.2, 0.25) is 0 Å². The Balaban J connectivity index is 2.64. The minimum absolute atomic E-state index is 0.0583. The fourth-order valence-electron chi connectivity index (χ4n) is 1.93. The molecule has 1 heterocycles. The highest BCUT2D eigenvalue weighted by molar-refractivity contribution is 5.78. The van der Waals surface area contributed by atoms with Crippen molar-refractivity contribution in [1.82, 2.24) is 4.90 Å². The van der Waals surface area contributed by atoms with Crippen molar-refractivity contribution in [3.8, 4) is 0 Å². The molecular formula is C11H22N2O. The van der Waals surface area contributed by atoms with Crippen molar-refractivity contribution in [1.29, 1.82) is 0 Å². The monoisotopic (exact) mass is 198 g/mol. The second kappa shape index (κ2) is 3.89. The Morgan fingerprint density at radius 1 is 1.50 bits per heavy atom. The molecule has 0 aromatic heterocycles. The first-order chi connectivity index (χ1) is 6.34. The fraction of sp³-hybridized carbons (Fsp3) is 0.909. The van der Waals surface area contributed by atoms with E-state index in [0.29, 0.717) is 0 Å². The van der Waals surface area contributed by atoms with Gasteiger partial charge < -0.3 is 10.6 Å². The number of hydrogen-bond acceptors (Lipinski definition) is 2. The maximum atomic E-state index is 11.8. The van der Waals surface area contributed by atoms with Crippen LogP contribution in [0.4, 0.5) is 0 Å². The van der Waals surface area contributed by atoms with Crippen LogP contribution < -0.4 is 5.73 Å². The van der Waals surface area contributed by atoms with Crippen LogP contribution in [0.3, 0.4) is 0 Å². The van der Waals surface area contributed by atoms with E-state index in [1.807, 2.05) is 18.7 Å². The summed E-state index contributed by atoms with van der Waals surface area (Å²) in [6, 6.07) is 0.221. The summed E-state index contributed by atoms with van der Waals surface area (Å²) < 4.78 is 0. The van der Waals surface area contributed by atoms with Crippen LogP contribution in [0.15, 0.2) is 0 Å². The van der Waals surface area contributed by atoms with Crippen molar-refractivity contribution in [2.24, 2.45) is 17.1 Å². The maximum Gasteiger partial charge on any atom is 0.225 e. The lowest BCUT2D eigenvalue weighted by molar-refractivity contribution is -0.137. The molecule has 0 aromatic carbocycles. The number of carbonyl (C=O) groups excluding carboxylic acids is 1. The van der Waals surface area contributed by atoms with Gasteiger partial charge in [0.15, 0.2) is 0 Å². The average molecular weight is 198 g/mol. The van der Waals surface area contributed by atoms with Gasteiger partial charge in [0.2, 0.25) is 5.91 Å². The van der Waals surface area contributed by atoms with Gasteiger partial charge in [-0.3, -0.25) is 4.79 Å². The highest BCUT2D eigenvalue weighted by Gasteiger charge is 2.35. The highest BCUT2D eigenvalue weighted by Crippen LogP contribution is 2.28. The van der Waals surface area contributed by atoms with Crippen molar-refractivity contribution < 1.29 is 4.79 Å². The summed E-state index contributed by atoms with van der Waals surface area (Å²) in [5.41, 5.74) is 6.07. The summed E-state index contributed by atoms with van der Waals surface area (Å²) >= 11 is 0. The zero-order valence-corrected chi connectivity index (χ0v) is 9.71. The van der Waals surface area contributed by atoms with Gasteiger partial charge >= 0.3 is 0 Å². The van der Waals surface area contributed by atoms with E-state index in [-0.39, 0.29) is 23.3 Å². The Labute approximate surface area is 86.6 Å². The molecule has 1 rings (SSSR count). The van der Waals surface area contributed by atoms with E-state index in [1.54, 1.807) is 0 Å². The van der Waals surface area contributed by atoms with Crippen LogP contribution in [-0.4, -0.2) is 29.9 Å². The summed E-state index contributed by atoms with van der Waals surface area (Å²) in [5.74, 6) is 0.352. The molecule has 0 aliphatic carbocycles. The second-order valence-corrected chi connectivity index (χ2v) is 5.30. The molecule has 3 nitrogen and oxygen atoms in total. The lowest BCUT2D eigenvalue weighted by atomic mass is 9.79. The fourth-order valence-corrected chi connectivity index (χ4v) is 1.93. The Kier molecular flexibility index (Phi) is 3.20. The topological polar surface area (TPSA) is 46.3 Å². The van der Waals surface area contributed by atoms with E-state index in [9.17, 15) is 4.79 Å². The number of rotatable bonds is 1. The van der Waals surface area contributed by atoms with Gasteiger partial charge in [-0.2, -0.15) is 0 Å². The van der Waals surface area contributed by atoms with Crippen LogP contribution in [0.5, 0.6) is 0 Å². The SMILES string of the molecule is CC(C)C(=O)N1CCC(N)C(C)(C)C1. The van der Waals surface area contributed by atoms with Gasteiger partial charge in [-0.1, -0.05) is 27.7 Å². The maximum absolute atomic E-state index is 11.8. The highest BCUT2D eigenvalue weighted by atomic mass is 16.2. The van der Waals surface area contributed by atoms with Crippen LogP contribution in [0.1, 0.15) is 34.1 Å². The smallest absolute Gasteiger partial charge is 0.225 e. The van der Waals surface area contributed by atoms with E-state index < -0.39 is 0 Å². The van der Waals surface area contributed by atoms with E-state index in [1.165, 1.54) is 0 Å². The number of likely N-dealkylation sites (tertiary alicyclic amines) is 1. The molecule has 0 saturated carbocycles. The zero-order chi connectivity index (χ0) is 10.9. The minimum atomic E-state index is 0.0583. The van der Waals surface area contributed by atoms with Gasteiger partial charge in [0.05, 0.1) is 0 Å². The molecule has 0 bridgehead atoms. The first kappa shape index (κ1) is 11.5. The summed E-state index contributed by atoms with van der Waals surface area (Å²) in [5, 5.41) is 0. The van der Waals surface area contributed by atoms with Crippen molar-refractivity contribution >= 4 is 5.91 Å². The molecule has 1 fully saturated rings. The molecule has 1 atom stereocenters. The number of piperidine rings is 1. The third kappa shape index (κ3) is 2.27. The first-order valence-corrected chi connectivity index (χ1v) is 5.39. The van der Waals surface area contributed by atoms with Crippen LogP contribution >= 0.6 is 0 Å². The number of carbonyl (C=O) groups is 1. The summed E-state index contributed by atoms with van der Waals surface area (Å²) in [6.07, 6.45) is 0.922. The lowest BCUT2D eigenvalue weighted by Gasteiger charge is -2.43. The second-order valence-electron chi connectivity index (χ2n) is 5.30. The number of hydrogen-bond donors (Lipinski definition) is 1. The van der Waals surface area contributed by atoms with Crippen molar-refractivity contribution in [3.05, 3.63) is 0 Å². The van der Waals surface area contributed by atoms with Gasteiger partial charge in [-0.05, 0) is 11.8 Å². The summed E-state index contributed by atoms with van der Waals surface area (Å²) in [6.45, 7) is 9.79. The lowest BCUT2D eigenvalue weighted by Crippen LogP contribution is -2.54. The van der Waals surface area contributed by atoms with Crippen LogP contribution in [0.25, 0.3) is 0 Å². The molecule has 2 N–H and O–H groups in total. The summed E-state index contributed by atoms with van der Waals surface area (Å²) in [7, 11) is 0. The van der Waals surface area contributed by atoms with E-state index in [4.69, 9.17) is 5.73 Å². The molecule has 1 unspecified atom stereocenters. The van der Waals surface area contributed by atoms with Gasteiger partial charge in [0.25, 0.3) is 0 Å². The quantitative estimate of drug-likeness (QED) is 0.689. The Bertz CT molecular complexity index is 223. The van der Waals surface area contributed by atoms with Gasteiger partial charge in [-0.25, -0.2) is 0 Å². The summed E-state index contributed by atoms with van der Waals surface area (Å²) in [4.78, 5) is 13.7. The van der Waals surface area contributed by atoms with E-state index in [2.05, 4.69) is 13.8 Å². The molecule has 1 saturated heterocycles. The predicted octanol–water partition coefficient (Wildman–Crippen LogP) is 1.23. The van der Waals surface area contributed by atoms with Crippen molar-refractivity contribution in [2.45, 2.75) is 40.2 Å². The Hall–Kier alpha value is -0.570. The normalized spacial score (nSPS) is 26.7. The molecule has 0 spiro atoms. The van der Waals surface area contributed by atoms with Gasteiger partial charge in [0.1, 0.15) is 0 Å². The van der Waals surface area contributed by atoms with Gasteiger partial charge in [-0.15, -0.1) is 0 Å². The third-order valence-electron chi connectivity index (χ3n) is 3.12. The number of nitrogens with zero attached hydrogens (tertiary/aromatic N) is 1. The Morgan fingerprint density at radius 3 is 2.50 bits per heavy atom. The average Bonchev–Trinajstić information content (AvgIpc) is 2.08. The molecular weight excluding hydrogens is 176 g/mol. The largest absolute Gasteiger partial charge is 0.342 e. The molecule has 0 radical (unpaired) electrons. The van der Waals surface area contributed by atoms with Crippen LogP contribution in [-0.2, 0) is 4.79 Å². The molecule has 1 aliphatic heterocycles. The zero-order valence-electron chi connectivity index (χ0n) is 9.71. The molecule has 14 heavy (non-hydrogen) atoms. The molecule has 1 aliphatic rings. The van der Waals surface area contributed by atoms with Gasteiger partial charge in [0, 0.05) is 25.0 Å². The third-order valence-corrected chi connectivity index (χ3v) is 3.12. The van der Waals surface area contributed by atoms with Crippen molar-refractivity contribution in [3.63, 3.8) is 0 Å². The molecule has 3 heteroatoms. The Morgan fingerprint density at radius 2 is 2.07 bits per heavy atom. The molecule has 0 aromatic rings. The standard InChI is InChI=1S/C11H22N2O/c1-8(2)10(14)13-6-5-9(12)11(3,4)7-13/h8-9H,5-7,12H2,1-4H3. The van der Waals surface area contributed by atoms with E-state index >= 15 is 0 Å². The molecule has 82 valence electrons.